The van der Waals surface area contributed by atoms with Gasteiger partial charge in [-0.05, 0) is 32.8 Å². The zero-order chi connectivity index (χ0) is 14.3. The number of nitriles is 1. The molecule has 0 spiro atoms. The molecular weight excluding hydrogens is 254 g/mol. The lowest BCUT2D eigenvalue weighted by Gasteiger charge is -2.07. The first-order valence-electron chi connectivity index (χ1n) is 6.61. The van der Waals surface area contributed by atoms with Crippen molar-refractivity contribution in [1.29, 1.82) is 5.26 Å². The zero-order valence-electron chi connectivity index (χ0n) is 11.5. The molecule has 0 atom stereocenters. The van der Waals surface area contributed by atoms with Crippen LogP contribution in [0.25, 0.3) is 0 Å². The maximum Gasteiger partial charge on any atom is 0.252 e. The monoisotopic (exact) mass is 269 g/mol. The quantitative estimate of drug-likeness (QED) is 0.793. The fraction of sp³-hybridized carbons (Fsp3) is 0.429. The molecule has 0 unspecified atom stereocenters. The van der Waals surface area contributed by atoms with Crippen LogP contribution in [0.1, 0.15) is 46.5 Å². The van der Waals surface area contributed by atoms with Crippen LogP contribution < -0.4 is 0 Å². The van der Waals surface area contributed by atoms with E-state index in [0.717, 1.165) is 17.0 Å². The molecule has 20 heavy (non-hydrogen) atoms. The van der Waals surface area contributed by atoms with E-state index in [1.807, 2.05) is 26.0 Å². The van der Waals surface area contributed by atoms with Crippen molar-refractivity contribution in [2.45, 2.75) is 39.3 Å². The maximum absolute atomic E-state index is 12.4. The topological polar surface area (TPSA) is 76.5 Å². The average Bonchev–Trinajstić information content (AvgIpc) is 3.06. The number of carbonyl (C=O) groups is 1. The Kier molecular flexibility index (Phi) is 2.90. The molecule has 102 valence electrons. The minimum absolute atomic E-state index is 0.000565. The maximum atomic E-state index is 12.4. The Bertz CT molecular complexity index is 714. The molecular formula is C14H15N5O. The highest BCUT2D eigenvalue weighted by Crippen LogP contribution is 2.38. The van der Waals surface area contributed by atoms with Crippen LogP contribution in [0.3, 0.4) is 0 Å². The number of hydrogen-bond acceptors (Lipinski definition) is 4. The second-order valence-corrected chi connectivity index (χ2v) is 5.19. The van der Waals surface area contributed by atoms with Crippen molar-refractivity contribution in [2.24, 2.45) is 0 Å². The first-order valence-corrected chi connectivity index (χ1v) is 6.61. The molecule has 2 aromatic heterocycles. The summed E-state index contributed by atoms with van der Waals surface area (Å²) in [7, 11) is 0. The summed E-state index contributed by atoms with van der Waals surface area (Å²) in [5, 5.41) is 12.6. The lowest BCUT2D eigenvalue weighted by atomic mass is 10.1. The van der Waals surface area contributed by atoms with Crippen molar-refractivity contribution in [3.63, 3.8) is 0 Å². The van der Waals surface area contributed by atoms with Crippen LogP contribution in [-0.4, -0.2) is 25.1 Å². The van der Waals surface area contributed by atoms with Crippen molar-refractivity contribution in [1.82, 2.24) is 19.3 Å². The number of nitrogens with zero attached hydrogens (tertiary/aromatic N) is 5. The Morgan fingerprint density at radius 1 is 1.50 bits per heavy atom. The van der Waals surface area contributed by atoms with Gasteiger partial charge in [0.15, 0.2) is 5.78 Å². The van der Waals surface area contributed by atoms with Crippen LogP contribution in [0.4, 0.5) is 0 Å². The molecule has 6 heteroatoms. The Morgan fingerprint density at radius 2 is 2.25 bits per heavy atom. The van der Waals surface area contributed by atoms with Gasteiger partial charge in [0.05, 0.1) is 0 Å². The number of rotatable bonds is 4. The first kappa shape index (κ1) is 12.6. The van der Waals surface area contributed by atoms with Gasteiger partial charge in [0.2, 0.25) is 0 Å². The number of Topliss-reactive ketones (excluding diaryl/α,β-unsaturated/α-hetero) is 1. The molecule has 0 aromatic carbocycles. The molecule has 3 rings (SSSR count). The number of aryl methyl sites for hydroxylation is 1. The number of hydrogen-bond donors (Lipinski definition) is 0. The molecule has 0 bridgehead atoms. The highest BCUT2D eigenvalue weighted by atomic mass is 16.1. The summed E-state index contributed by atoms with van der Waals surface area (Å²) >= 11 is 0. The lowest BCUT2D eigenvalue weighted by molar-refractivity contribution is 0.0967. The molecule has 0 aliphatic heterocycles. The second-order valence-electron chi connectivity index (χ2n) is 5.19. The minimum Gasteiger partial charge on any atom is -0.345 e. The van der Waals surface area contributed by atoms with Gasteiger partial charge in [-0.15, -0.1) is 5.10 Å². The fourth-order valence-corrected chi connectivity index (χ4v) is 2.61. The van der Waals surface area contributed by atoms with E-state index in [9.17, 15) is 4.79 Å². The van der Waals surface area contributed by atoms with E-state index in [2.05, 4.69) is 14.6 Å². The van der Waals surface area contributed by atoms with Crippen molar-refractivity contribution < 1.29 is 4.79 Å². The van der Waals surface area contributed by atoms with Crippen LogP contribution in [0.2, 0.25) is 0 Å². The summed E-state index contributed by atoms with van der Waals surface area (Å²) in [6, 6.07) is 4.36. The standard InChI is InChI=1S/C14H15N5O/c1-9-5-12(10(2)19(9)11-3-4-11)13(20)7-18-8-16-14(6-15)17-18/h5,8,11H,3-4,7H2,1-2H3. The van der Waals surface area contributed by atoms with Crippen molar-refractivity contribution in [3.8, 4) is 6.07 Å². The number of aromatic nitrogens is 4. The molecule has 0 N–H and O–H groups in total. The fourth-order valence-electron chi connectivity index (χ4n) is 2.61. The van der Waals surface area contributed by atoms with Crippen LogP contribution in [-0.2, 0) is 6.54 Å². The lowest BCUT2D eigenvalue weighted by Crippen LogP contribution is -2.12. The van der Waals surface area contributed by atoms with Crippen LogP contribution in [0.5, 0.6) is 0 Å². The third-order valence-electron chi connectivity index (χ3n) is 3.64. The van der Waals surface area contributed by atoms with Gasteiger partial charge in [0, 0.05) is 23.0 Å². The van der Waals surface area contributed by atoms with Crippen molar-refractivity contribution in [3.05, 3.63) is 35.2 Å². The van der Waals surface area contributed by atoms with E-state index >= 15 is 0 Å². The number of ketones is 1. The predicted molar refractivity (Wildman–Crippen MR) is 71.2 cm³/mol. The molecule has 0 radical (unpaired) electrons. The number of carbonyl (C=O) groups excluding carboxylic acids is 1. The molecule has 0 amide bonds. The molecule has 1 saturated carbocycles. The predicted octanol–water partition coefficient (Wildman–Crippen LogP) is 1.79. The van der Waals surface area contributed by atoms with Gasteiger partial charge in [0.1, 0.15) is 18.9 Å². The van der Waals surface area contributed by atoms with E-state index in [0.29, 0.717) is 6.04 Å². The molecule has 1 aliphatic carbocycles. The normalized spacial score (nSPS) is 14.2. The molecule has 1 aliphatic rings. The van der Waals surface area contributed by atoms with Gasteiger partial charge in [0.25, 0.3) is 5.82 Å². The Labute approximate surface area is 116 Å². The summed E-state index contributed by atoms with van der Waals surface area (Å²) < 4.78 is 3.65. The van der Waals surface area contributed by atoms with Gasteiger partial charge < -0.3 is 4.57 Å². The van der Waals surface area contributed by atoms with E-state index in [-0.39, 0.29) is 18.2 Å². The van der Waals surface area contributed by atoms with Gasteiger partial charge >= 0.3 is 0 Å². The zero-order valence-corrected chi connectivity index (χ0v) is 11.5. The average molecular weight is 269 g/mol. The van der Waals surface area contributed by atoms with Gasteiger partial charge in [-0.25, -0.2) is 9.67 Å². The summed E-state index contributed by atoms with van der Waals surface area (Å²) in [4.78, 5) is 16.2. The molecule has 1 fully saturated rings. The van der Waals surface area contributed by atoms with Crippen LogP contribution >= 0.6 is 0 Å². The molecule has 0 saturated heterocycles. The van der Waals surface area contributed by atoms with E-state index < -0.39 is 0 Å². The van der Waals surface area contributed by atoms with E-state index in [1.54, 1.807) is 0 Å². The third-order valence-corrected chi connectivity index (χ3v) is 3.64. The minimum atomic E-state index is -0.000565. The molecule has 2 aromatic rings. The Morgan fingerprint density at radius 3 is 2.85 bits per heavy atom. The summed E-state index contributed by atoms with van der Waals surface area (Å²) in [5.41, 5.74) is 2.89. The van der Waals surface area contributed by atoms with Crippen molar-refractivity contribution >= 4 is 5.78 Å². The van der Waals surface area contributed by atoms with E-state index in [4.69, 9.17) is 5.26 Å². The molecule has 2 heterocycles. The SMILES string of the molecule is Cc1cc(C(=O)Cn2cnc(C#N)n2)c(C)n1C1CC1. The summed E-state index contributed by atoms with van der Waals surface area (Å²) in [6.45, 7) is 4.13. The summed E-state index contributed by atoms with van der Waals surface area (Å²) in [5.74, 6) is 0.0839. The highest BCUT2D eigenvalue weighted by molar-refractivity contribution is 5.97. The third kappa shape index (κ3) is 2.11. The van der Waals surface area contributed by atoms with Crippen molar-refractivity contribution in [2.75, 3.05) is 0 Å². The smallest absolute Gasteiger partial charge is 0.252 e. The Hall–Kier alpha value is -2.42. The largest absolute Gasteiger partial charge is 0.345 e. The first-order chi connectivity index (χ1) is 9.60. The van der Waals surface area contributed by atoms with E-state index in [1.165, 1.54) is 23.9 Å². The Balaban J connectivity index is 1.84. The van der Waals surface area contributed by atoms with Gasteiger partial charge in [-0.3, -0.25) is 4.79 Å². The second kappa shape index (κ2) is 4.60. The highest BCUT2D eigenvalue weighted by Gasteiger charge is 2.28. The van der Waals surface area contributed by atoms with Crippen LogP contribution in [0.15, 0.2) is 12.4 Å². The molecule has 6 nitrogen and oxygen atoms in total. The summed E-state index contributed by atoms with van der Waals surface area (Å²) in [6.07, 6.45) is 3.80. The van der Waals surface area contributed by atoms with Gasteiger partial charge in [-0.2, -0.15) is 5.26 Å². The van der Waals surface area contributed by atoms with Crippen LogP contribution in [0, 0.1) is 25.2 Å². The van der Waals surface area contributed by atoms with Gasteiger partial charge in [-0.1, -0.05) is 0 Å².